The average Bonchev–Trinajstić information content (AvgIpc) is 3.13. The molecule has 24 heavy (non-hydrogen) atoms. The van der Waals surface area contributed by atoms with Gasteiger partial charge in [-0.05, 0) is 25.0 Å². The molecule has 2 aromatic heterocycles. The van der Waals surface area contributed by atoms with Gasteiger partial charge in [0.1, 0.15) is 5.76 Å². The lowest BCUT2D eigenvalue weighted by molar-refractivity contribution is -0.132. The van der Waals surface area contributed by atoms with E-state index in [0.29, 0.717) is 18.4 Å². The highest BCUT2D eigenvalue weighted by molar-refractivity contribution is 5.73. The Morgan fingerprint density at radius 1 is 1.42 bits per heavy atom. The maximum absolute atomic E-state index is 12.0. The van der Waals surface area contributed by atoms with Crippen molar-refractivity contribution in [3.8, 4) is 5.88 Å². The highest BCUT2D eigenvalue weighted by Crippen LogP contribution is 2.22. The first kappa shape index (κ1) is 16.3. The minimum atomic E-state index is 0.0717. The van der Waals surface area contributed by atoms with Gasteiger partial charge < -0.3 is 19.0 Å². The number of nitrogens with zero attached hydrogens (tertiary/aromatic N) is 4. The van der Waals surface area contributed by atoms with Crippen molar-refractivity contribution < 1.29 is 13.9 Å². The zero-order valence-electron chi connectivity index (χ0n) is 14.0. The fourth-order valence-electron chi connectivity index (χ4n) is 3.04. The van der Waals surface area contributed by atoms with Crippen LogP contribution in [0, 0.1) is 0 Å². The normalized spacial score (nSPS) is 15.3. The van der Waals surface area contributed by atoms with Crippen LogP contribution in [0.2, 0.25) is 0 Å². The molecule has 1 saturated heterocycles. The molecular weight excluding hydrogens is 308 g/mol. The van der Waals surface area contributed by atoms with Gasteiger partial charge in [0.15, 0.2) is 0 Å². The van der Waals surface area contributed by atoms with Gasteiger partial charge in [-0.15, -0.1) is 0 Å². The molecule has 3 rings (SSSR count). The van der Waals surface area contributed by atoms with Crippen molar-refractivity contribution in [2.45, 2.75) is 32.4 Å². The van der Waals surface area contributed by atoms with Crippen LogP contribution in [0.4, 0.5) is 5.95 Å². The predicted molar refractivity (Wildman–Crippen MR) is 88.8 cm³/mol. The summed E-state index contributed by atoms with van der Waals surface area (Å²) in [5, 5.41) is 0. The number of furan rings is 1. The third-order valence-corrected chi connectivity index (χ3v) is 4.33. The summed E-state index contributed by atoms with van der Waals surface area (Å²) >= 11 is 0. The summed E-state index contributed by atoms with van der Waals surface area (Å²) in [6.07, 6.45) is 5.09. The van der Waals surface area contributed by atoms with Gasteiger partial charge in [0.2, 0.25) is 17.7 Å². The van der Waals surface area contributed by atoms with Gasteiger partial charge in [-0.3, -0.25) is 4.79 Å². The van der Waals surface area contributed by atoms with Crippen LogP contribution in [-0.4, -0.2) is 47.0 Å². The molecule has 2 aromatic rings. The smallest absolute Gasteiger partial charge is 0.228 e. The number of amides is 1. The molecule has 1 amide bonds. The summed E-state index contributed by atoms with van der Waals surface area (Å²) in [5.74, 6) is 2.12. The molecule has 0 N–H and O–H groups in total. The molecule has 0 radical (unpaired) electrons. The van der Waals surface area contributed by atoms with Gasteiger partial charge in [0, 0.05) is 38.3 Å². The Labute approximate surface area is 141 Å². The fraction of sp³-hybridized carbons (Fsp3) is 0.471. The molecule has 0 aromatic carbocycles. The molecule has 1 aliphatic heterocycles. The Balaban J connectivity index is 1.63. The molecule has 0 unspecified atom stereocenters. The summed E-state index contributed by atoms with van der Waals surface area (Å²) in [6.45, 7) is 3.74. The fourth-order valence-corrected chi connectivity index (χ4v) is 3.04. The van der Waals surface area contributed by atoms with Crippen LogP contribution in [0.25, 0.3) is 0 Å². The lowest BCUT2D eigenvalue weighted by atomic mass is 10.0. The first-order valence-corrected chi connectivity index (χ1v) is 8.09. The van der Waals surface area contributed by atoms with E-state index in [-0.39, 0.29) is 11.9 Å². The molecule has 7 heteroatoms. The number of piperidine rings is 1. The quantitative estimate of drug-likeness (QED) is 0.836. The average molecular weight is 330 g/mol. The maximum atomic E-state index is 12.0. The molecule has 1 aliphatic rings. The number of ether oxygens (including phenoxy) is 1. The number of carbonyl (C=O) groups excluding carboxylic acids is 1. The standard InChI is InChI=1S/C17H22N4O3/c1-13(22)21(12-15-4-3-11-24-15)14-6-9-20(10-7-14)17-18-8-5-16(19-17)23-2/h3-5,8,11,14H,6-7,9-10,12H2,1-2H3. The van der Waals surface area contributed by atoms with E-state index in [1.54, 1.807) is 32.6 Å². The molecule has 0 bridgehead atoms. The van der Waals surface area contributed by atoms with Crippen LogP contribution >= 0.6 is 0 Å². The molecule has 7 nitrogen and oxygen atoms in total. The zero-order valence-corrected chi connectivity index (χ0v) is 14.0. The van der Waals surface area contributed by atoms with Gasteiger partial charge in [-0.1, -0.05) is 0 Å². The highest BCUT2D eigenvalue weighted by atomic mass is 16.5. The first-order chi connectivity index (χ1) is 11.7. The number of anilines is 1. The topological polar surface area (TPSA) is 71.7 Å². The monoisotopic (exact) mass is 330 g/mol. The summed E-state index contributed by atoms with van der Waals surface area (Å²) in [5.41, 5.74) is 0. The van der Waals surface area contributed by atoms with Crippen LogP contribution in [-0.2, 0) is 11.3 Å². The number of hydrogen-bond acceptors (Lipinski definition) is 6. The van der Waals surface area contributed by atoms with Gasteiger partial charge in [-0.2, -0.15) is 4.98 Å². The summed E-state index contributed by atoms with van der Waals surface area (Å²) < 4.78 is 10.5. The van der Waals surface area contributed by atoms with Crippen LogP contribution in [0.1, 0.15) is 25.5 Å². The van der Waals surface area contributed by atoms with Gasteiger partial charge in [0.25, 0.3) is 0 Å². The second-order valence-electron chi connectivity index (χ2n) is 5.84. The molecule has 0 atom stereocenters. The van der Waals surface area contributed by atoms with E-state index in [2.05, 4.69) is 14.9 Å². The minimum absolute atomic E-state index is 0.0717. The van der Waals surface area contributed by atoms with Crippen molar-refractivity contribution in [1.82, 2.24) is 14.9 Å². The van der Waals surface area contributed by atoms with Crippen LogP contribution in [0.15, 0.2) is 35.1 Å². The molecule has 0 spiro atoms. The van der Waals surface area contributed by atoms with Gasteiger partial charge in [-0.25, -0.2) is 4.98 Å². The second kappa shape index (κ2) is 7.33. The second-order valence-corrected chi connectivity index (χ2v) is 5.84. The third kappa shape index (κ3) is 3.67. The predicted octanol–water partition coefficient (Wildman–Crippen LogP) is 2.10. The maximum Gasteiger partial charge on any atom is 0.228 e. The SMILES string of the molecule is COc1ccnc(N2CCC(N(Cc3ccco3)C(C)=O)CC2)n1. The van der Waals surface area contributed by atoms with Crippen molar-refractivity contribution in [1.29, 1.82) is 0 Å². The number of hydrogen-bond donors (Lipinski definition) is 0. The van der Waals surface area contributed by atoms with Crippen molar-refractivity contribution in [3.63, 3.8) is 0 Å². The van der Waals surface area contributed by atoms with Crippen LogP contribution < -0.4 is 9.64 Å². The van der Waals surface area contributed by atoms with Crippen molar-refractivity contribution in [2.75, 3.05) is 25.1 Å². The Bertz CT molecular complexity index is 666. The summed E-state index contributed by atoms with van der Waals surface area (Å²) in [6, 6.07) is 5.68. The number of rotatable bonds is 5. The van der Waals surface area contributed by atoms with E-state index in [4.69, 9.17) is 9.15 Å². The lowest BCUT2D eigenvalue weighted by Crippen LogP contribution is -2.46. The lowest BCUT2D eigenvalue weighted by Gasteiger charge is -2.37. The summed E-state index contributed by atoms with van der Waals surface area (Å²) in [7, 11) is 1.59. The van der Waals surface area contributed by atoms with E-state index in [1.165, 1.54) is 0 Å². The molecule has 128 valence electrons. The number of methoxy groups -OCH3 is 1. The molecule has 1 fully saturated rings. The van der Waals surface area contributed by atoms with E-state index >= 15 is 0 Å². The van der Waals surface area contributed by atoms with Gasteiger partial charge >= 0.3 is 0 Å². The Hall–Kier alpha value is -2.57. The molecule has 0 saturated carbocycles. The van der Waals surface area contributed by atoms with E-state index in [1.807, 2.05) is 17.0 Å². The Morgan fingerprint density at radius 3 is 2.83 bits per heavy atom. The Morgan fingerprint density at radius 2 is 2.21 bits per heavy atom. The third-order valence-electron chi connectivity index (χ3n) is 4.33. The van der Waals surface area contributed by atoms with Crippen LogP contribution in [0.5, 0.6) is 5.88 Å². The first-order valence-electron chi connectivity index (χ1n) is 8.09. The van der Waals surface area contributed by atoms with Crippen molar-refractivity contribution >= 4 is 11.9 Å². The van der Waals surface area contributed by atoms with Crippen molar-refractivity contribution in [2.24, 2.45) is 0 Å². The van der Waals surface area contributed by atoms with Crippen molar-refractivity contribution in [3.05, 3.63) is 36.4 Å². The molecular formula is C17H22N4O3. The molecule has 0 aliphatic carbocycles. The minimum Gasteiger partial charge on any atom is -0.481 e. The van der Waals surface area contributed by atoms with Crippen LogP contribution in [0.3, 0.4) is 0 Å². The largest absolute Gasteiger partial charge is 0.481 e. The summed E-state index contributed by atoms with van der Waals surface area (Å²) in [4.78, 5) is 24.7. The Kier molecular flexibility index (Phi) is 4.98. The van der Waals surface area contributed by atoms with E-state index in [9.17, 15) is 4.79 Å². The zero-order chi connectivity index (χ0) is 16.9. The van der Waals surface area contributed by atoms with E-state index in [0.717, 1.165) is 31.7 Å². The molecule has 3 heterocycles. The van der Waals surface area contributed by atoms with Gasteiger partial charge in [0.05, 0.1) is 19.9 Å². The number of carbonyl (C=O) groups is 1. The number of aromatic nitrogens is 2. The van der Waals surface area contributed by atoms with E-state index < -0.39 is 0 Å². The highest BCUT2D eigenvalue weighted by Gasteiger charge is 2.28.